The molecule has 5 heteroatoms. The van der Waals surface area contributed by atoms with Crippen molar-refractivity contribution in [1.82, 2.24) is 14.8 Å². The van der Waals surface area contributed by atoms with Gasteiger partial charge in [0.1, 0.15) is 5.69 Å². The van der Waals surface area contributed by atoms with Gasteiger partial charge in [-0.15, -0.1) is 0 Å². The van der Waals surface area contributed by atoms with Gasteiger partial charge in [0.15, 0.2) is 0 Å². The largest absolute Gasteiger partial charge is 0.333 e. The van der Waals surface area contributed by atoms with Crippen LogP contribution in [0.1, 0.15) is 36.2 Å². The molecule has 0 N–H and O–H groups in total. The van der Waals surface area contributed by atoms with E-state index >= 15 is 0 Å². The average molecular weight is 296 g/mol. The normalized spacial score (nSPS) is 15.8. The van der Waals surface area contributed by atoms with E-state index in [0.29, 0.717) is 16.8 Å². The number of rotatable bonds is 5. The van der Waals surface area contributed by atoms with E-state index in [1.165, 1.54) is 12.8 Å². The van der Waals surface area contributed by atoms with Gasteiger partial charge in [-0.1, -0.05) is 24.4 Å². The molecule has 2 rings (SSSR count). The zero-order valence-electron chi connectivity index (χ0n) is 12.2. The number of pyridine rings is 1. The molecule has 0 saturated heterocycles. The zero-order chi connectivity index (χ0) is 14.5. The first kappa shape index (κ1) is 15.3. The molecule has 1 aliphatic rings. The van der Waals surface area contributed by atoms with E-state index < -0.39 is 0 Å². The summed E-state index contributed by atoms with van der Waals surface area (Å²) in [6.07, 6.45) is 6.20. The fraction of sp³-hybridized carbons (Fsp3) is 0.600. The Labute approximate surface area is 125 Å². The maximum Gasteiger partial charge on any atom is 0.272 e. The van der Waals surface area contributed by atoms with Gasteiger partial charge in [0.05, 0.1) is 0 Å². The highest BCUT2D eigenvalue weighted by Crippen LogP contribution is 2.25. The summed E-state index contributed by atoms with van der Waals surface area (Å²) in [5, 5.41) is 0.558. The monoisotopic (exact) mass is 295 g/mol. The molecule has 0 radical (unpaired) electrons. The van der Waals surface area contributed by atoms with E-state index in [0.717, 1.165) is 25.9 Å². The minimum Gasteiger partial charge on any atom is -0.333 e. The molecule has 0 spiro atoms. The first-order valence-corrected chi connectivity index (χ1v) is 7.53. The van der Waals surface area contributed by atoms with E-state index in [2.05, 4.69) is 9.88 Å². The minimum atomic E-state index is 0.00116. The Kier molecular flexibility index (Phi) is 5.38. The molecule has 1 saturated carbocycles. The van der Waals surface area contributed by atoms with Crippen LogP contribution >= 0.6 is 11.6 Å². The molecule has 1 aromatic rings. The van der Waals surface area contributed by atoms with Gasteiger partial charge < -0.3 is 9.80 Å². The first-order valence-electron chi connectivity index (χ1n) is 7.15. The van der Waals surface area contributed by atoms with Gasteiger partial charge in [0, 0.05) is 30.4 Å². The predicted octanol–water partition coefficient (Wildman–Crippen LogP) is 2.68. The fourth-order valence-electron chi connectivity index (χ4n) is 2.64. The Balaban J connectivity index is 2.14. The van der Waals surface area contributed by atoms with Crippen molar-refractivity contribution in [3.05, 3.63) is 29.0 Å². The molecule has 1 amide bonds. The van der Waals surface area contributed by atoms with E-state index in [9.17, 15) is 4.79 Å². The number of hydrogen-bond donors (Lipinski definition) is 0. The number of likely N-dealkylation sites (N-methyl/N-ethyl adjacent to an activating group) is 1. The third kappa shape index (κ3) is 3.93. The lowest BCUT2D eigenvalue weighted by molar-refractivity contribution is 0.0661. The van der Waals surface area contributed by atoms with E-state index in [1.54, 1.807) is 18.3 Å². The van der Waals surface area contributed by atoms with E-state index in [4.69, 9.17) is 11.6 Å². The SMILES string of the molecule is CN(C)CCN(C(=O)c1cc(Cl)ccn1)C1CCCC1. The molecule has 1 fully saturated rings. The van der Waals surface area contributed by atoms with Gasteiger partial charge in [-0.25, -0.2) is 0 Å². The molecule has 0 aromatic carbocycles. The first-order chi connectivity index (χ1) is 9.58. The van der Waals surface area contributed by atoms with Gasteiger partial charge in [0.2, 0.25) is 0 Å². The maximum atomic E-state index is 12.7. The van der Waals surface area contributed by atoms with Crippen LogP contribution in [0.2, 0.25) is 5.02 Å². The lowest BCUT2D eigenvalue weighted by atomic mass is 10.2. The fourth-order valence-corrected chi connectivity index (χ4v) is 2.80. The molecule has 1 aliphatic carbocycles. The minimum absolute atomic E-state index is 0.00116. The Hall–Kier alpha value is -1.13. The zero-order valence-corrected chi connectivity index (χ0v) is 12.9. The Morgan fingerprint density at radius 2 is 2.05 bits per heavy atom. The summed E-state index contributed by atoms with van der Waals surface area (Å²) in [4.78, 5) is 20.9. The second-order valence-electron chi connectivity index (χ2n) is 5.60. The second-order valence-corrected chi connectivity index (χ2v) is 6.04. The summed E-state index contributed by atoms with van der Waals surface area (Å²) in [6.45, 7) is 1.60. The standard InChI is InChI=1S/C15H22ClN3O/c1-18(2)9-10-19(13-5-3-4-6-13)15(20)14-11-12(16)7-8-17-14/h7-8,11,13H,3-6,9-10H2,1-2H3. The van der Waals surface area contributed by atoms with Crippen LogP contribution in [0.15, 0.2) is 18.3 Å². The Morgan fingerprint density at radius 3 is 2.65 bits per heavy atom. The van der Waals surface area contributed by atoms with Gasteiger partial charge in [-0.05, 0) is 39.1 Å². The van der Waals surface area contributed by atoms with Gasteiger partial charge in [0.25, 0.3) is 5.91 Å². The van der Waals surface area contributed by atoms with Crippen LogP contribution in [0.4, 0.5) is 0 Å². The van der Waals surface area contributed by atoms with Crippen LogP contribution < -0.4 is 0 Å². The molecule has 0 unspecified atom stereocenters. The number of halogens is 1. The van der Waals surface area contributed by atoms with Crippen molar-refractivity contribution in [2.75, 3.05) is 27.2 Å². The topological polar surface area (TPSA) is 36.4 Å². The van der Waals surface area contributed by atoms with Crippen molar-refractivity contribution in [2.24, 2.45) is 0 Å². The summed E-state index contributed by atoms with van der Waals surface area (Å²) in [7, 11) is 4.05. The molecule has 1 heterocycles. The number of hydrogen-bond acceptors (Lipinski definition) is 3. The van der Waals surface area contributed by atoms with Crippen LogP contribution in [0.5, 0.6) is 0 Å². The third-order valence-corrected chi connectivity index (χ3v) is 3.99. The summed E-state index contributed by atoms with van der Waals surface area (Å²) in [5.74, 6) is 0.00116. The van der Waals surface area contributed by atoms with Gasteiger partial charge in [-0.3, -0.25) is 9.78 Å². The molecule has 0 bridgehead atoms. The van der Waals surface area contributed by atoms with Crippen LogP contribution in [0.25, 0.3) is 0 Å². The molecular weight excluding hydrogens is 274 g/mol. The summed E-state index contributed by atoms with van der Waals surface area (Å²) >= 11 is 5.96. The van der Waals surface area contributed by atoms with Crippen LogP contribution in [0, 0.1) is 0 Å². The Morgan fingerprint density at radius 1 is 1.35 bits per heavy atom. The second kappa shape index (κ2) is 7.04. The maximum absolute atomic E-state index is 12.7. The Bertz CT molecular complexity index is 458. The highest BCUT2D eigenvalue weighted by atomic mass is 35.5. The van der Waals surface area contributed by atoms with Gasteiger partial charge in [-0.2, -0.15) is 0 Å². The molecule has 20 heavy (non-hydrogen) atoms. The molecule has 110 valence electrons. The van der Waals surface area contributed by atoms with Crippen molar-refractivity contribution < 1.29 is 4.79 Å². The van der Waals surface area contributed by atoms with Crippen LogP contribution in [-0.4, -0.2) is 53.9 Å². The number of nitrogens with zero attached hydrogens (tertiary/aromatic N) is 3. The van der Waals surface area contributed by atoms with Crippen molar-refractivity contribution in [3.63, 3.8) is 0 Å². The number of carbonyl (C=O) groups excluding carboxylic acids is 1. The summed E-state index contributed by atoms with van der Waals surface area (Å²) < 4.78 is 0. The summed E-state index contributed by atoms with van der Waals surface area (Å²) in [5.41, 5.74) is 0.447. The summed E-state index contributed by atoms with van der Waals surface area (Å²) in [6, 6.07) is 3.70. The lowest BCUT2D eigenvalue weighted by Gasteiger charge is -2.30. The van der Waals surface area contributed by atoms with Crippen molar-refractivity contribution in [3.8, 4) is 0 Å². The quantitative estimate of drug-likeness (QED) is 0.838. The van der Waals surface area contributed by atoms with Crippen molar-refractivity contribution >= 4 is 17.5 Å². The smallest absolute Gasteiger partial charge is 0.272 e. The molecular formula is C15H22ClN3O. The van der Waals surface area contributed by atoms with Gasteiger partial charge >= 0.3 is 0 Å². The number of amides is 1. The highest BCUT2D eigenvalue weighted by molar-refractivity contribution is 6.30. The van der Waals surface area contributed by atoms with E-state index in [1.807, 2.05) is 19.0 Å². The lowest BCUT2D eigenvalue weighted by Crippen LogP contribution is -2.43. The third-order valence-electron chi connectivity index (χ3n) is 3.76. The highest BCUT2D eigenvalue weighted by Gasteiger charge is 2.27. The molecule has 1 aromatic heterocycles. The van der Waals surface area contributed by atoms with Crippen LogP contribution in [0.3, 0.4) is 0 Å². The predicted molar refractivity (Wildman–Crippen MR) is 81.1 cm³/mol. The van der Waals surface area contributed by atoms with E-state index in [-0.39, 0.29) is 5.91 Å². The average Bonchev–Trinajstić information content (AvgIpc) is 2.92. The number of aromatic nitrogens is 1. The molecule has 4 nitrogen and oxygen atoms in total. The molecule has 0 atom stereocenters. The number of carbonyl (C=O) groups is 1. The van der Waals surface area contributed by atoms with Crippen LogP contribution in [-0.2, 0) is 0 Å². The van der Waals surface area contributed by atoms with Crippen molar-refractivity contribution in [1.29, 1.82) is 0 Å². The molecule has 0 aliphatic heterocycles. The van der Waals surface area contributed by atoms with Crippen molar-refractivity contribution in [2.45, 2.75) is 31.7 Å².